The van der Waals surface area contributed by atoms with Gasteiger partial charge >= 0.3 is 5.97 Å². The lowest BCUT2D eigenvalue weighted by molar-refractivity contribution is -0.149. The normalized spacial score (nSPS) is 13.7. The van der Waals surface area contributed by atoms with Gasteiger partial charge in [0.1, 0.15) is 5.54 Å². The molecule has 0 fully saturated rings. The first-order valence-electron chi connectivity index (χ1n) is 7.27. The molecule has 0 radical (unpaired) electrons. The summed E-state index contributed by atoms with van der Waals surface area (Å²) in [6.45, 7) is 7.00. The van der Waals surface area contributed by atoms with Gasteiger partial charge in [-0.15, -0.1) is 0 Å². The highest BCUT2D eigenvalue weighted by Crippen LogP contribution is 2.24. The third-order valence-electron chi connectivity index (χ3n) is 3.10. The Morgan fingerprint density at radius 1 is 1.38 bits per heavy atom. The first-order chi connectivity index (χ1) is 10.0. The van der Waals surface area contributed by atoms with E-state index in [0.29, 0.717) is 12.4 Å². The summed E-state index contributed by atoms with van der Waals surface area (Å²) in [5.41, 5.74) is 0.434. The van der Waals surface area contributed by atoms with Crippen LogP contribution in [0.1, 0.15) is 32.8 Å². The van der Waals surface area contributed by atoms with Crippen LogP contribution in [0.15, 0.2) is 24.3 Å². The molecule has 1 unspecified atom stereocenters. The van der Waals surface area contributed by atoms with E-state index in [9.17, 15) is 4.79 Å². The predicted molar refractivity (Wildman–Crippen MR) is 90.9 cm³/mol. The van der Waals surface area contributed by atoms with Crippen molar-refractivity contribution in [2.24, 2.45) is 0 Å². The zero-order chi connectivity index (χ0) is 15.7. The van der Waals surface area contributed by atoms with E-state index < -0.39 is 5.54 Å². The number of halogens is 1. The number of hydrogen-bond acceptors (Lipinski definition) is 4. The van der Waals surface area contributed by atoms with E-state index in [4.69, 9.17) is 16.3 Å². The number of carbonyl (C=O) groups excluding carboxylic acids is 1. The van der Waals surface area contributed by atoms with Crippen molar-refractivity contribution in [3.05, 3.63) is 34.9 Å². The second-order valence-electron chi connectivity index (χ2n) is 5.06. The number of carbonyl (C=O) groups is 1. The Labute approximate surface area is 136 Å². The fraction of sp³-hybridized carbons (Fsp3) is 0.562. The number of rotatable bonds is 9. The quantitative estimate of drug-likeness (QED) is 0.697. The average molecular weight is 330 g/mol. The fourth-order valence-corrected chi connectivity index (χ4v) is 3.34. The van der Waals surface area contributed by atoms with Crippen molar-refractivity contribution < 1.29 is 9.53 Å². The Hall–Kier alpha value is -0.710. The van der Waals surface area contributed by atoms with Crippen LogP contribution in [0.3, 0.4) is 0 Å². The van der Waals surface area contributed by atoms with Crippen molar-refractivity contribution in [1.82, 2.24) is 5.32 Å². The minimum Gasteiger partial charge on any atom is -0.465 e. The number of thioether (sulfide) groups is 1. The molecule has 1 aromatic rings. The van der Waals surface area contributed by atoms with E-state index >= 15 is 0 Å². The Bertz CT molecular complexity index is 456. The number of esters is 1. The van der Waals surface area contributed by atoms with E-state index in [-0.39, 0.29) is 5.97 Å². The highest BCUT2D eigenvalue weighted by Gasteiger charge is 2.33. The van der Waals surface area contributed by atoms with Crippen LogP contribution >= 0.6 is 23.4 Å². The Balaban J connectivity index is 2.60. The van der Waals surface area contributed by atoms with Gasteiger partial charge in [-0.3, -0.25) is 4.79 Å². The Morgan fingerprint density at radius 2 is 2.10 bits per heavy atom. The molecule has 0 saturated heterocycles. The van der Waals surface area contributed by atoms with Gasteiger partial charge in [0.15, 0.2) is 0 Å². The molecule has 1 rings (SSSR count). The number of nitrogens with one attached hydrogen (secondary N) is 1. The largest absolute Gasteiger partial charge is 0.465 e. The lowest BCUT2D eigenvalue weighted by atomic mass is 10.1. The van der Waals surface area contributed by atoms with Gasteiger partial charge in [0.25, 0.3) is 0 Å². The van der Waals surface area contributed by atoms with E-state index in [1.807, 2.05) is 38.1 Å². The van der Waals surface area contributed by atoms with Gasteiger partial charge in [-0.25, -0.2) is 0 Å². The summed E-state index contributed by atoms with van der Waals surface area (Å²) in [6.07, 6.45) is 0.976. The van der Waals surface area contributed by atoms with Gasteiger partial charge in [-0.2, -0.15) is 11.8 Å². The summed E-state index contributed by atoms with van der Waals surface area (Å²) < 4.78 is 5.19. The van der Waals surface area contributed by atoms with Gasteiger partial charge in [0.05, 0.1) is 6.61 Å². The molecule has 0 aliphatic rings. The van der Waals surface area contributed by atoms with Gasteiger partial charge in [-0.1, -0.05) is 36.7 Å². The molecule has 3 nitrogen and oxygen atoms in total. The van der Waals surface area contributed by atoms with Crippen LogP contribution in [-0.4, -0.2) is 30.4 Å². The fourth-order valence-electron chi connectivity index (χ4n) is 1.85. The minimum atomic E-state index is -0.655. The SMILES string of the molecule is CCCNC(C)(CSCc1ccccc1Cl)C(=O)OCC. The predicted octanol–water partition coefficient (Wildman–Crippen LogP) is 3.89. The summed E-state index contributed by atoms with van der Waals surface area (Å²) in [7, 11) is 0. The molecule has 5 heteroatoms. The van der Waals surface area contributed by atoms with Crippen molar-refractivity contribution in [1.29, 1.82) is 0 Å². The summed E-state index contributed by atoms with van der Waals surface area (Å²) in [5.74, 6) is 1.24. The van der Waals surface area contributed by atoms with Crippen molar-refractivity contribution in [2.45, 2.75) is 38.5 Å². The summed E-state index contributed by atoms with van der Waals surface area (Å²) in [6, 6.07) is 7.79. The smallest absolute Gasteiger partial charge is 0.326 e. The van der Waals surface area contributed by atoms with Crippen molar-refractivity contribution in [3.8, 4) is 0 Å². The maximum atomic E-state index is 12.2. The zero-order valence-corrected chi connectivity index (χ0v) is 14.5. The van der Waals surface area contributed by atoms with Gasteiger partial charge in [-0.05, 0) is 38.4 Å². The second-order valence-corrected chi connectivity index (χ2v) is 6.46. The topological polar surface area (TPSA) is 38.3 Å². The highest BCUT2D eigenvalue weighted by atomic mass is 35.5. The van der Waals surface area contributed by atoms with Crippen LogP contribution in [0.25, 0.3) is 0 Å². The van der Waals surface area contributed by atoms with Crippen molar-refractivity contribution in [2.75, 3.05) is 18.9 Å². The third kappa shape index (κ3) is 5.89. The van der Waals surface area contributed by atoms with Crippen molar-refractivity contribution in [3.63, 3.8) is 0 Å². The number of benzene rings is 1. The van der Waals surface area contributed by atoms with Gasteiger partial charge in [0, 0.05) is 16.5 Å². The summed E-state index contributed by atoms with van der Waals surface area (Å²) >= 11 is 7.83. The maximum absolute atomic E-state index is 12.2. The van der Waals surface area contributed by atoms with Gasteiger partial charge < -0.3 is 10.1 Å². The first kappa shape index (κ1) is 18.3. The molecule has 0 saturated carbocycles. The second kappa shape index (κ2) is 9.34. The van der Waals surface area contributed by atoms with E-state index in [1.54, 1.807) is 11.8 Å². The van der Waals surface area contributed by atoms with Crippen molar-refractivity contribution >= 4 is 29.3 Å². The molecule has 0 aliphatic carbocycles. The zero-order valence-electron chi connectivity index (χ0n) is 12.9. The molecule has 0 bridgehead atoms. The molecule has 0 amide bonds. The summed E-state index contributed by atoms with van der Waals surface area (Å²) in [4.78, 5) is 12.2. The Morgan fingerprint density at radius 3 is 2.71 bits per heavy atom. The van der Waals surface area contributed by atoms with E-state index in [1.165, 1.54) is 0 Å². The molecule has 1 aromatic carbocycles. The van der Waals surface area contributed by atoms with Crippen LogP contribution < -0.4 is 5.32 Å². The summed E-state index contributed by atoms with van der Waals surface area (Å²) in [5, 5.41) is 4.07. The molecule has 0 spiro atoms. The average Bonchev–Trinajstić information content (AvgIpc) is 2.47. The molecule has 1 N–H and O–H groups in total. The standard InChI is InChI=1S/C16H24ClNO2S/c1-4-10-18-16(3,15(19)20-5-2)12-21-11-13-8-6-7-9-14(13)17/h6-9,18H,4-5,10-12H2,1-3H3. The van der Waals surface area contributed by atoms with E-state index in [0.717, 1.165) is 29.3 Å². The van der Waals surface area contributed by atoms with Crippen LogP contribution in [0.2, 0.25) is 5.02 Å². The lowest BCUT2D eigenvalue weighted by Crippen LogP contribution is -2.52. The molecule has 0 heterocycles. The Kier molecular flexibility index (Phi) is 8.15. The minimum absolute atomic E-state index is 0.190. The molecule has 1 atom stereocenters. The molecule has 21 heavy (non-hydrogen) atoms. The molecular weight excluding hydrogens is 306 g/mol. The van der Waals surface area contributed by atoms with E-state index in [2.05, 4.69) is 12.2 Å². The van der Waals surface area contributed by atoms with Gasteiger partial charge in [0.2, 0.25) is 0 Å². The third-order valence-corrected chi connectivity index (χ3v) is 4.76. The molecule has 118 valence electrons. The monoisotopic (exact) mass is 329 g/mol. The highest BCUT2D eigenvalue weighted by molar-refractivity contribution is 7.98. The number of ether oxygens (including phenoxy) is 1. The molecular formula is C16H24ClNO2S. The van der Waals surface area contributed by atoms with Crippen LogP contribution in [0, 0.1) is 0 Å². The maximum Gasteiger partial charge on any atom is 0.326 e. The lowest BCUT2D eigenvalue weighted by Gasteiger charge is -2.28. The number of hydrogen-bond donors (Lipinski definition) is 1. The molecule has 0 aromatic heterocycles. The van der Waals surface area contributed by atoms with Crippen LogP contribution in [-0.2, 0) is 15.3 Å². The first-order valence-corrected chi connectivity index (χ1v) is 8.80. The molecule has 0 aliphatic heterocycles. The van der Waals surface area contributed by atoms with Crippen LogP contribution in [0.4, 0.5) is 0 Å². The van der Waals surface area contributed by atoms with Crippen LogP contribution in [0.5, 0.6) is 0 Å².